The zero-order valence-corrected chi connectivity index (χ0v) is 12.7. The fourth-order valence-corrected chi connectivity index (χ4v) is 2.05. The van der Waals surface area contributed by atoms with Crippen molar-refractivity contribution in [3.05, 3.63) is 35.3 Å². The summed E-state index contributed by atoms with van der Waals surface area (Å²) in [7, 11) is 0. The standard InChI is InChI=1S/C16H22N4/c1-5-9-17-15-12(4)14(6-2)19-16(20-15)13-8-7-11(3)18-10-13/h7-8,10H,5-6,9H2,1-4H3,(H,17,19,20). The van der Waals surface area contributed by atoms with Crippen LogP contribution in [0.15, 0.2) is 18.3 Å². The van der Waals surface area contributed by atoms with Crippen molar-refractivity contribution in [3.63, 3.8) is 0 Å². The van der Waals surface area contributed by atoms with E-state index in [-0.39, 0.29) is 0 Å². The first kappa shape index (κ1) is 14.4. The number of pyridine rings is 1. The summed E-state index contributed by atoms with van der Waals surface area (Å²) >= 11 is 0. The van der Waals surface area contributed by atoms with Gasteiger partial charge >= 0.3 is 0 Å². The minimum absolute atomic E-state index is 0.749. The highest BCUT2D eigenvalue weighted by Crippen LogP contribution is 2.22. The average molecular weight is 270 g/mol. The molecule has 0 aliphatic heterocycles. The fourth-order valence-electron chi connectivity index (χ4n) is 2.05. The van der Waals surface area contributed by atoms with Crippen molar-refractivity contribution in [2.75, 3.05) is 11.9 Å². The van der Waals surface area contributed by atoms with E-state index in [1.807, 2.05) is 25.3 Å². The molecular formula is C16H22N4. The molecule has 2 aromatic rings. The zero-order valence-electron chi connectivity index (χ0n) is 12.7. The summed E-state index contributed by atoms with van der Waals surface area (Å²) in [6.45, 7) is 9.25. The Morgan fingerprint density at radius 3 is 2.50 bits per heavy atom. The van der Waals surface area contributed by atoms with E-state index >= 15 is 0 Å². The Kier molecular flexibility index (Phi) is 4.66. The first-order valence-corrected chi connectivity index (χ1v) is 7.20. The quantitative estimate of drug-likeness (QED) is 0.903. The molecule has 0 bridgehead atoms. The number of nitrogens with one attached hydrogen (secondary N) is 1. The first-order valence-electron chi connectivity index (χ1n) is 7.20. The molecule has 0 aromatic carbocycles. The molecule has 0 spiro atoms. The van der Waals surface area contributed by atoms with E-state index in [2.05, 4.69) is 41.0 Å². The van der Waals surface area contributed by atoms with Gasteiger partial charge in [-0.15, -0.1) is 0 Å². The third kappa shape index (κ3) is 3.13. The second-order valence-corrected chi connectivity index (χ2v) is 4.94. The van der Waals surface area contributed by atoms with Crippen LogP contribution in [0.4, 0.5) is 5.82 Å². The van der Waals surface area contributed by atoms with Gasteiger partial charge in [0, 0.05) is 35.3 Å². The summed E-state index contributed by atoms with van der Waals surface area (Å²) in [6.07, 6.45) is 3.82. The van der Waals surface area contributed by atoms with Gasteiger partial charge in [0.25, 0.3) is 0 Å². The highest BCUT2D eigenvalue weighted by Gasteiger charge is 2.11. The number of hydrogen-bond donors (Lipinski definition) is 1. The summed E-state index contributed by atoms with van der Waals surface area (Å²) in [6, 6.07) is 4.01. The molecule has 106 valence electrons. The highest BCUT2D eigenvalue weighted by molar-refractivity contribution is 5.59. The van der Waals surface area contributed by atoms with Crippen LogP contribution in [0.2, 0.25) is 0 Å². The van der Waals surface area contributed by atoms with Crippen LogP contribution < -0.4 is 5.32 Å². The van der Waals surface area contributed by atoms with Crippen molar-refractivity contribution in [3.8, 4) is 11.4 Å². The molecule has 1 N–H and O–H groups in total. The summed E-state index contributed by atoms with van der Waals surface area (Å²) < 4.78 is 0. The van der Waals surface area contributed by atoms with E-state index in [0.717, 1.165) is 53.5 Å². The summed E-state index contributed by atoms with van der Waals surface area (Å²) in [5, 5.41) is 3.39. The van der Waals surface area contributed by atoms with Gasteiger partial charge in [-0.25, -0.2) is 9.97 Å². The maximum Gasteiger partial charge on any atom is 0.163 e. The molecule has 0 aliphatic rings. The largest absolute Gasteiger partial charge is 0.370 e. The number of hydrogen-bond acceptors (Lipinski definition) is 4. The summed E-state index contributed by atoms with van der Waals surface area (Å²) in [5.41, 5.74) is 4.20. The maximum absolute atomic E-state index is 4.67. The van der Waals surface area contributed by atoms with Gasteiger partial charge in [0.05, 0.1) is 0 Å². The average Bonchev–Trinajstić information content (AvgIpc) is 2.47. The van der Waals surface area contributed by atoms with Gasteiger partial charge in [-0.2, -0.15) is 0 Å². The van der Waals surface area contributed by atoms with Crippen LogP contribution in [-0.4, -0.2) is 21.5 Å². The van der Waals surface area contributed by atoms with Gasteiger partial charge in [0.1, 0.15) is 5.82 Å². The molecule has 0 unspecified atom stereocenters. The third-order valence-corrected chi connectivity index (χ3v) is 3.29. The second kappa shape index (κ2) is 6.46. The monoisotopic (exact) mass is 270 g/mol. The normalized spacial score (nSPS) is 10.6. The Morgan fingerprint density at radius 1 is 1.10 bits per heavy atom. The Bertz CT molecular complexity index is 576. The molecule has 0 aliphatic carbocycles. The van der Waals surface area contributed by atoms with Crippen LogP contribution in [0, 0.1) is 13.8 Å². The van der Waals surface area contributed by atoms with E-state index in [1.54, 1.807) is 0 Å². The second-order valence-electron chi connectivity index (χ2n) is 4.94. The predicted octanol–water partition coefficient (Wildman–Crippen LogP) is 3.54. The van der Waals surface area contributed by atoms with Crippen LogP contribution in [0.1, 0.15) is 37.2 Å². The fraction of sp³-hybridized carbons (Fsp3) is 0.438. The minimum atomic E-state index is 0.749. The Hall–Kier alpha value is -1.97. The van der Waals surface area contributed by atoms with Gasteiger partial charge in [-0.3, -0.25) is 4.98 Å². The number of nitrogens with zero attached hydrogens (tertiary/aromatic N) is 3. The molecule has 2 aromatic heterocycles. The lowest BCUT2D eigenvalue weighted by atomic mass is 10.1. The molecule has 4 nitrogen and oxygen atoms in total. The van der Waals surface area contributed by atoms with E-state index < -0.39 is 0 Å². The lowest BCUT2D eigenvalue weighted by molar-refractivity contribution is 0.935. The molecule has 20 heavy (non-hydrogen) atoms. The number of aromatic nitrogens is 3. The molecule has 0 saturated heterocycles. The van der Waals surface area contributed by atoms with E-state index in [0.29, 0.717) is 0 Å². The van der Waals surface area contributed by atoms with E-state index in [9.17, 15) is 0 Å². The smallest absolute Gasteiger partial charge is 0.163 e. The predicted molar refractivity (Wildman–Crippen MR) is 82.9 cm³/mol. The van der Waals surface area contributed by atoms with Gasteiger partial charge in [-0.05, 0) is 38.8 Å². The van der Waals surface area contributed by atoms with Crippen molar-refractivity contribution in [2.45, 2.75) is 40.5 Å². The van der Waals surface area contributed by atoms with Crippen LogP contribution in [0.3, 0.4) is 0 Å². The van der Waals surface area contributed by atoms with Gasteiger partial charge < -0.3 is 5.32 Å². The Balaban J connectivity index is 2.44. The highest BCUT2D eigenvalue weighted by atomic mass is 15.0. The first-order chi connectivity index (χ1) is 9.65. The van der Waals surface area contributed by atoms with Crippen molar-refractivity contribution < 1.29 is 0 Å². The summed E-state index contributed by atoms with van der Waals surface area (Å²) in [4.78, 5) is 13.6. The Labute approximate surface area is 120 Å². The topological polar surface area (TPSA) is 50.7 Å². The van der Waals surface area contributed by atoms with E-state index in [1.165, 1.54) is 0 Å². The molecule has 0 saturated carbocycles. The minimum Gasteiger partial charge on any atom is -0.370 e. The number of aryl methyl sites for hydroxylation is 2. The number of anilines is 1. The van der Waals surface area contributed by atoms with Gasteiger partial charge in [0.2, 0.25) is 0 Å². The molecule has 2 heterocycles. The lowest BCUT2D eigenvalue weighted by Gasteiger charge is -2.13. The van der Waals surface area contributed by atoms with E-state index in [4.69, 9.17) is 0 Å². The molecule has 0 radical (unpaired) electrons. The van der Waals surface area contributed by atoms with Crippen molar-refractivity contribution in [1.82, 2.24) is 15.0 Å². The van der Waals surface area contributed by atoms with Crippen LogP contribution in [0.25, 0.3) is 11.4 Å². The SMILES string of the molecule is CCCNc1nc(-c2ccc(C)nc2)nc(CC)c1C. The molecular weight excluding hydrogens is 248 g/mol. The molecule has 0 fully saturated rings. The number of rotatable bonds is 5. The molecule has 2 rings (SSSR count). The van der Waals surface area contributed by atoms with Gasteiger partial charge in [0.15, 0.2) is 5.82 Å². The maximum atomic E-state index is 4.67. The third-order valence-electron chi connectivity index (χ3n) is 3.29. The van der Waals surface area contributed by atoms with Crippen molar-refractivity contribution >= 4 is 5.82 Å². The van der Waals surface area contributed by atoms with Crippen LogP contribution >= 0.6 is 0 Å². The van der Waals surface area contributed by atoms with Gasteiger partial charge in [-0.1, -0.05) is 13.8 Å². The summed E-state index contributed by atoms with van der Waals surface area (Å²) in [5.74, 6) is 1.69. The van der Waals surface area contributed by atoms with Crippen LogP contribution in [0.5, 0.6) is 0 Å². The molecule has 0 atom stereocenters. The van der Waals surface area contributed by atoms with Crippen molar-refractivity contribution in [1.29, 1.82) is 0 Å². The Morgan fingerprint density at radius 2 is 1.90 bits per heavy atom. The molecule has 0 amide bonds. The molecule has 4 heteroatoms. The lowest BCUT2D eigenvalue weighted by Crippen LogP contribution is -2.08. The van der Waals surface area contributed by atoms with Crippen LogP contribution in [-0.2, 0) is 6.42 Å². The van der Waals surface area contributed by atoms with Crippen molar-refractivity contribution in [2.24, 2.45) is 0 Å². The zero-order chi connectivity index (χ0) is 14.5.